The fourth-order valence-corrected chi connectivity index (χ4v) is 4.02. The van der Waals surface area contributed by atoms with Crippen molar-refractivity contribution in [3.05, 3.63) is 75.7 Å². The number of rotatable bonds is 10. The molecule has 0 saturated carbocycles. The molecular formula is C30H38N8O5. The number of nitrogens with zero attached hydrogens (tertiary/aromatic N) is 2. The summed E-state index contributed by atoms with van der Waals surface area (Å²) in [6, 6.07) is 11.1. The topological polar surface area (TPSA) is 204 Å². The van der Waals surface area contributed by atoms with Gasteiger partial charge in [-0.15, -0.1) is 0 Å². The van der Waals surface area contributed by atoms with Crippen molar-refractivity contribution in [2.45, 2.75) is 65.7 Å². The molecule has 13 heteroatoms. The van der Waals surface area contributed by atoms with Crippen LogP contribution in [0.15, 0.2) is 53.5 Å². The first-order valence-corrected chi connectivity index (χ1v) is 13.7. The molecule has 0 aliphatic rings. The van der Waals surface area contributed by atoms with Crippen LogP contribution in [0.3, 0.4) is 0 Å². The molecule has 3 aromatic rings. The number of anilines is 2. The van der Waals surface area contributed by atoms with Crippen molar-refractivity contribution in [1.82, 2.24) is 25.5 Å². The number of amides is 3. The fourth-order valence-electron chi connectivity index (χ4n) is 4.02. The minimum absolute atomic E-state index is 0.0477. The Hall–Kier alpha value is -5.20. The molecule has 8 N–H and O–H groups in total. The minimum atomic E-state index is -1.34. The number of carbonyl (C=O) groups is 3. The molecule has 0 spiro atoms. The van der Waals surface area contributed by atoms with E-state index in [2.05, 4.69) is 20.9 Å². The molecule has 0 aliphatic carbocycles. The number of nitrogens with one attached hydrogen (secondary N) is 5. The van der Waals surface area contributed by atoms with Gasteiger partial charge in [-0.05, 0) is 57.9 Å². The predicted octanol–water partition coefficient (Wildman–Crippen LogP) is 3.14. The molecule has 0 unspecified atom stereocenters. The van der Waals surface area contributed by atoms with Gasteiger partial charge < -0.3 is 26.8 Å². The first-order chi connectivity index (χ1) is 20.2. The monoisotopic (exact) mass is 590 g/mol. The van der Waals surface area contributed by atoms with Crippen LogP contribution in [0.2, 0.25) is 0 Å². The van der Waals surface area contributed by atoms with Gasteiger partial charge in [-0.1, -0.05) is 31.2 Å². The molecular weight excluding hydrogens is 552 g/mol. The van der Waals surface area contributed by atoms with E-state index in [0.29, 0.717) is 33.6 Å². The van der Waals surface area contributed by atoms with Gasteiger partial charge in [-0.2, -0.15) is 0 Å². The van der Waals surface area contributed by atoms with E-state index < -0.39 is 23.1 Å². The second kappa shape index (κ2) is 13.6. The van der Waals surface area contributed by atoms with Crippen LogP contribution in [-0.2, 0) is 17.9 Å². The quantitative estimate of drug-likeness (QED) is 0.106. The summed E-state index contributed by atoms with van der Waals surface area (Å²) in [6.45, 7) is 9.27. The molecule has 0 bridgehead atoms. The number of hydrogen-bond donors (Lipinski definition) is 7. The summed E-state index contributed by atoms with van der Waals surface area (Å²) in [5, 5.41) is 27.3. The number of carboxylic acid groups (broad SMARTS) is 1. The molecule has 1 atom stereocenters. The van der Waals surface area contributed by atoms with E-state index in [4.69, 9.17) is 16.2 Å². The Balaban J connectivity index is 1.91. The average Bonchev–Trinajstić information content (AvgIpc) is 2.92. The summed E-state index contributed by atoms with van der Waals surface area (Å²) in [6.07, 6.45) is 0.876. The molecule has 1 heterocycles. The number of amidine groups is 1. The van der Waals surface area contributed by atoms with E-state index in [9.17, 15) is 19.2 Å². The number of benzene rings is 2. The van der Waals surface area contributed by atoms with Gasteiger partial charge in [0.15, 0.2) is 5.82 Å². The Morgan fingerprint density at radius 3 is 2.37 bits per heavy atom. The van der Waals surface area contributed by atoms with Crippen molar-refractivity contribution in [2.75, 3.05) is 11.1 Å². The van der Waals surface area contributed by atoms with Crippen molar-refractivity contribution in [3.63, 3.8) is 0 Å². The molecule has 0 saturated heterocycles. The lowest BCUT2D eigenvalue weighted by molar-refractivity contribution is -0.121. The zero-order chi connectivity index (χ0) is 31.9. The van der Waals surface area contributed by atoms with Crippen LogP contribution >= 0.6 is 0 Å². The maximum absolute atomic E-state index is 13.6. The average molecular weight is 591 g/mol. The number of hydrogen-bond acceptors (Lipinski definition) is 8. The van der Waals surface area contributed by atoms with Crippen LogP contribution in [0, 0.1) is 5.41 Å². The van der Waals surface area contributed by atoms with E-state index in [-0.39, 0.29) is 36.7 Å². The fraction of sp³-hybridized carbons (Fsp3) is 0.333. The summed E-state index contributed by atoms with van der Waals surface area (Å²) in [7, 11) is 0. The van der Waals surface area contributed by atoms with Gasteiger partial charge >= 0.3 is 6.09 Å². The van der Waals surface area contributed by atoms with Gasteiger partial charge in [0, 0.05) is 40.5 Å². The third kappa shape index (κ3) is 9.15. The minimum Gasteiger partial charge on any atom is -0.465 e. The van der Waals surface area contributed by atoms with Crippen molar-refractivity contribution in [1.29, 1.82) is 5.41 Å². The maximum atomic E-state index is 13.6. The molecule has 43 heavy (non-hydrogen) atoms. The molecule has 3 amide bonds. The number of aromatic nitrogens is 2. The first-order valence-electron chi connectivity index (χ1n) is 13.7. The molecule has 2 aromatic carbocycles. The van der Waals surface area contributed by atoms with Crippen LogP contribution < -0.4 is 32.6 Å². The largest absolute Gasteiger partial charge is 0.465 e. The molecule has 3 rings (SSSR count). The normalized spacial score (nSPS) is 11.7. The Kier molecular flexibility index (Phi) is 10.3. The SMILES string of the molecule is CC[C@@H](C)NC(=O)c1cc(N)cc(-c2cnc(NC(C)(C)C)c(=O)n2CC(=O)NCc2ccc(C(=N)NC(=O)O)cc2)c1. The second-order valence-corrected chi connectivity index (χ2v) is 11.2. The second-order valence-electron chi connectivity index (χ2n) is 11.2. The molecule has 1 aromatic heterocycles. The lowest BCUT2D eigenvalue weighted by Crippen LogP contribution is -2.37. The summed E-state index contributed by atoms with van der Waals surface area (Å²) in [4.78, 5) is 54.6. The summed E-state index contributed by atoms with van der Waals surface area (Å²) in [5.74, 6) is -0.974. The van der Waals surface area contributed by atoms with E-state index in [1.165, 1.54) is 10.8 Å². The van der Waals surface area contributed by atoms with Gasteiger partial charge in [0.1, 0.15) is 12.4 Å². The summed E-state index contributed by atoms with van der Waals surface area (Å²) < 4.78 is 1.28. The van der Waals surface area contributed by atoms with E-state index in [1.54, 1.807) is 42.5 Å². The Morgan fingerprint density at radius 2 is 1.77 bits per heavy atom. The lowest BCUT2D eigenvalue weighted by Gasteiger charge is -2.22. The molecule has 228 valence electrons. The van der Waals surface area contributed by atoms with Gasteiger partial charge in [0.2, 0.25) is 5.91 Å². The van der Waals surface area contributed by atoms with Gasteiger partial charge in [0.05, 0.1) is 11.9 Å². The van der Waals surface area contributed by atoms with Crippen LogP contribution in [0.4, 0.5) is 16.3 Å². The highest BCUT2D eigenvalue weighted by molar-refractivity contribution is 6.04. The number of carbonyl (C=O) groups excluding carboxylic acids is 2. The molecule has 0 radical (unpaired) electrons. The summed E-state index contributed by atoms with van der Waals surface area (Å²) in [5.41, 5.74) is 7.57. The van der Waals surface area contributed by atoms with Gasteiger partial charge in [0.25, 0.3) is 11.5 Å². The van der Waals surface area contributed by atoms with Gasteiger partial charge in [-0.25, -0.2) is 9.78 Å². The lowest BCUT2D eigenvalue weighted by atomic mass is 10.1. The van der Waals surface area contributed by atoms with E-state index in [0.717, 1.165) is 6.42 Å². The van der Waals surface area contributed by atoms with E-state index >= 15 is 0 Å². The van der Waals surface area contributed by atoms with Crippen LogP contribution in [0.5, 0.6) is 0 Å². The van der Waals surface area contributed by atoms with Crippen LogP contribution in [-0.4, -0.2) is 50.0 Å². The van der Waals surface area contributed by atoms with E-state index in [1.807, 2.05) is 39.9 Å². The molecule has 0 aliphatic heterocycles. The number of nitrogens with two attached hydrogens (primary N) is 1. The highest BCUT2D eigenvalue weighted by atomic mass is 16.4. The predicted molar refractivity (Wildman–Crippen MR) is 165 cm³/mol. The third-order valence-electron chi connectivity index (χ3n) is 6.32. The van der Waals surface area contributed by atoms with Crippen molar-refractivity contribution in [3.8, 4) is 11.3 Å². The Morgan fingerprint density at radius 1 is 1.09 bits per heavy atom. The summed E-state index contributed by atoms with van der Waals surface area (Å²) >= 11 is 0. The standard InChI is InChI=1S/C30H38N8O5/c1-6-17(2)35-27(40)21-11-20(12-22(31)13-21)23-15-34-26(37-30(3,4)5)28(41)38(23)16-24(39)33-14-18-7-9-19(10-8-18)25(32)36-29(42)43/h7-13,15,17H,6,14,16,31H2,1-5H3,(H2,32,36)(H,33,39)(H,34,37)(H,35,40)(H,42,43)/t17-/m1/s1. The van der Waals surface area contributed by atoms with Crippen LogP contribution in [0.25, 0.3) is 11.3 Å². The Labute approximate surface area is 249 Å². The van der Waals surface area contributed by atoms with Crippen LogP contribution in [0.1, 0.15) is 62.5 Å². The Bertz CT molecular complexity index is 1570. The third-order valence-corrected chi connectivity index (χ3v) is 6.32. The maximum Gasteiger partial charge on any atom is 0.410 e. The van der Waals surface area contributed by atoms with Crippen molar-refractivity contribution < 1.29 is 19.5 Å². The van der Waals surface area contributed by atoms with Crippen molar-refractivity contribution >= 4 is 35.2 Å². The zero-order valence-electron chi connectivity index (χ0n) is 24.9. The highest BCUT2D eigenvalue weighted by Crippen LogP contribution is 2.24. The molecule has 13 nitrogen and oxygen atoms in total. The smallest absolute Gasteiger partial charge is 0.410 e. The van der Waals surface area contributed by atoms with Gasteiger partial charge in [-0.3, -0.25) is 29.7 Å². The highest BCUT2D eigenvalue weighted by Gasteiger charge is 2.20. The van der Waals surface area contributed by atoms with Crippen molar-refractivity contribution in [2.24, 2.45) is 0 Å². The molecule has 0 fully saturated rings. The zero-order valence-corrected chi connectivity index (χ0v) is 24.9. The first kappa shape index (κ1) is 32.3. The number of nitrogen functional groups attached to an aromatic ring is 1.